The Kier molecular flexibility index (Phi) is 6.51. The molecule has 152 valence electrons. The van der Waals surface area contributed by atoms with Gasteiger partial charge in [0.05, 0.1) is 25.7 Å². The molecule has 8 nitrogen and oxygen atoms in total. The molecular formula is C20H27N3O5. The normalized spacial score (nSPS) is 20.0. The van der Waals surface area contributed by atoms with Crippen LogP contribution in [0.15, 0.2) is 24.3 Å². The van der Waals surface area contributed by atoms with Gasteiger partial charge in [-0.1, -0.05) is 0 Å². The van der Waals surface area contributed by atoms with Gasteiger partial charge in [-0.05, 0) is 37.1 Å². The number of benzene rings is 1. The van der Waals surface area contributed by atoms with Crippen LogP contribution in [0.1, 0.15) is 23.2 Å². The standard InChI is InChI=1S/C20H27N3O5/c1-21(14-18(24)23-8-2-3-16(13-23)20(26)27)19(25)15-4-6-17(7-5-15)22-9-11-28-12-10-22/h4-7,16H,2-3,8-14H2,1H3,(H,26,27). The van der Waals surface area contributed by atoms with E-state index in [1.807, 2.05) is 12.1 Å². The lowest BCUT2D eigenvalue weighted by Crippen LogP contribution is -2.46. The number of ether oxygens (including phenoxy) is 1. The maximum absolute atomic E-state index is 12.7. The zero-order valence-electron chi connectivity index (χ0n) is 16.2. The predicted molar refractivity (Wildman–Crippen MR) is 103 cm³/mol. The summed E-state index contributed by atoms with van der Waals surface area (Å²) in [7, 11) is 1.59. The van der Waals surface area contributed by atoms with Crippen molar-refractivity contribution in [2.75, 3.05) is 57.9 Å². The van der Waals surface area contributed by atoms with Gasteiger partial charge >= 0.3 is 5.97 Å². The van der Waals surface area contributed by atoms with Crippen LogP contribution < -0.4 is 4.90 Å². The summed E-state index contributed by atoms with van der Waals surface area (Å²) in [6, 6.07) is 7.37. The first-order valence-electron chi connectivity index (χ1n) is 9.64. The number of rotatable bonds is 5. The van der Waals surface area contributed by atoms with E-state index in [1.165, 1.54) is 4.90 Å². The molecule has 1 atom stereocenters. The maximum atomic E-state index is 12.7. The van der Waals surface area contributed by atoms with Crippen LogP contribution in [0.2, 0.25) is 0 Å². The van der Waals surface area contributed by atoms with Crippen LogP contribution in [0.3, 0.4) is 0 Å². The Labute approximate surface area is 164 Å². The second-order valence-corrected chi connectivity index (χ2v) is 7.32. The number of nitrogens with zero attached hydrogens (tertiary/aromatic N) is 3. The third kappa shape index (κ3) is 4.81. The van der Waals surface area contributed by atoms with Gasteiger partial charge in [0.15, 0.2) is 0 Å². The third-order valence-electron chi connectivity index (χ3n) is 5.33. The van der Waals surface area contributed by atoms with Crippen molar-refractivity contribution in [3.05, 3.63) is 29.8 Å². The lowest BCUT2D eigenvalue weighted by Gasteiger charge is -2.32. The molecule has 0 saturated carbocycles. The molecule has 2 aliphatic heterocycles. The molecule has 0 bridgehead atoms. The van der Waals surface area contributed by atoms with Crippen LogP contribution in [-0.2, 0) is 14.3 Å². The number of hydrogen-bond acceptors (Lipinski definition) is 5. The fraction of sp³-hybridized carbons (Fsp3) is 0.550. The van der Waals surface area contributed by atoms with Crippen molar-refractivity contribution < 1.29 is 24.2 Å². The molecule has 0 aromatic heterocycles. The second kappa shape index (κ2) is 9.05. The molecule has 1 aromatic carbocycles. The van der Waals surface area contributed by atoms with Gasteiger partial charge < -0.3 is 24.5 Å². The Bertz CT molecular complexity index is 715. The molecule has 1 N–H and O–H groups in total. The van der Waals surface area contributed by atoms with E-state index in [9.17, 15) is 14.4 Å². The van der Waals surface area contributed by atoms with Crippen LogP contribution in [0.25, 0.3) is 0 Å². The number of piperidine rings is 1. The molecule has 2 saturated heterocycles. The minimum absolute atomic E-state index is 0.0591. The van der Waals surface area contributed by atoms with E-state index in [0.29, 0.717) is 38.2 Å². The Morgan fingerprint density at radius 2 is 1.82 bits per heavy atom. The smallest absolute Gasteiger partial charge is 0.308 e. The van der Waals surface area contributed by atoms with Crippen LogP contribution in [-0.4, -0.2) is 85.7 Å². The van der Waals surface area contributed by atoms with Crippen molar-refractivity contribution in [3.8, 4) is 0 Å². The third-order valence-corrected chi connectivity index (χ3v) is 5.33. The first-order valence-corrected chi connectivity index (χ1v) is 9.64. The highest BCUT2D eigenvalue weighted by molar-refractivity contribution is 5.96. The highest BCUT2D eigenvalue weighted by atomic mass is 16.5. The number of carbonyl (C=O) groups is 3. The summed E-state index contributed by atoms with van der Waals surface area (Å²) in [6.07, 6.45) is 1.26. The van der Waals surface area contributed by atoms with Gasteiger partial charge in [0.2, 0.25) is 5.91 Å². The Balaban J connectivity index is 1.56. The molecule has 0 spiro atoms. The summed E-state index contributed by atoms with van der Waals surface area (Å²) in [6.45, 7) is 3.75. The average molecular weight is 389 g/mol. The van der Waals surface area contributed by atoms with Crippen LogP contribution in [0, 0.1) is 5.92 Å². The summed E-state index contributed by atoms with van der Waals surface area (Å²) < 4.78 is 5.35. The van der Waals surface area contributed by atoms with Gasteiger partial charge in [-0.25, -0.2) is 0 Å². The zero-order valence-corrected chi connectivity index (χ0v) is 16.2. The highest BCUT2D eigenvalue weighted by Gasteiger charge is 2.29. The molecule has 2 aliphatic rings. The van der Waals surface area contributed by atoms with Crippen molar-refractivity contribution >= 4 is 23.5 Å². The molecular weight excluding hydrogens is 362 g/mol. The summed E-state index contributed by atoms with van der Waals surface area (Å²) in [5.41, 5.74) is 1.57. The number of morpholine rings is 1. The molecule has 3 rings (SSSR count). The number of carboxylic acid groups (broad SMARTS) is 1. The largest absolute Gasteiger partial charge is 0.481 e. The fourth-order valence-electron chi connectivity index (χ4n) is 3.64. The minimum atomic E-state index is -0.873. The summed E-state index contributed by atoms with van der Waals surface area (Å²) >= 11 is 0. The van der Waals surface area contributed by atoms with Crippen molar-refractivity contribution in [1.29, 1.82) is 0 Å². The number of carbonyl (C=O) groups excluding carboxylic acids is 2. The lowest BCUT2D eigenvalue weighted by molar-refractivity contribution is -0.145. The van der Waals surface area contributed by atoms with E-state index in [4.69, 9.17) is 9.84 Å². The molecule has 0 radical (unpaired) electrons. The van der Waals surface area contributed by atoms with Gasteiger partial charge in [-0.3, -0.25) is 14.4 Å². The Morgan fingerprint density at radius 3 is 2.46 bits per heavy atom. The Hall–Kier alpha value is -2.61. The van der Waals surface area contributed by atoms with E-state index in [2.05, 4.69) is 4.90 Å². The van der Waals surface area contributed by atoms with Crippen molar-refractivity contribution in [1.82, 2.24) is 9.80 Å². The molecule has 1 unspecified atom stereocenters. The summed E-state index contributed by atoms with van der Waals surface area (Å²) in [5.74, 6) is -1.84. The fourth-order valence-corrected chi connectivity index (χ4v) is 3.64. The first kappa shape index (κ1) is 20.1. The van der Waals surface area contributed by atoms with E-state index < -0.39 is 11.9 Å². The number of anilines is 1. The maximum Gasteiger partial charge on any atom is 0.308 e. The number of likely N-dealkylation sites (N-methyl/N-ethyl adjacent to an activating group) is 1. The van der Waals surface area contributed by atoms with Crippen LogP contribution >= 0.6 is 0 Å². The topological polar surface area (TPSA) is 90.4 Å². The number of amides is 2. The van der Waals surface area contributed by atoms with E-state index in [1.54, 1.807) is 24.1 Å². The van der Waals surface area contributed by atoms with Crippen molar-refractivity contribution in [2.45, 2.75) is 12.8 Å². The molecule has 2 fully saturated rings. The highest BCUT2D eigenvalue weighted by Crippen LogP contribution is 2.19. The van der Waals surface area contributed by atoms with Crippen LogP contribution in [0.5, 0.6) is 0 Å². The van der Waals surface area contributed by atoms with E-state index in [0.717, 1.165) is 18.8 Å². The molecule has 2 heterocycles. The van der Waals surface area contributed by atoms with Gasteiger partial charge in [0, 0.05) is 44.5 Å². The minimum Gasteiger partial charge on any atom is -0.481 e. The number of hydrogen-bond donors (Lipinski definition) is 1. The number of carboxylic acids is 1. The first-order chi connectivity index (χ1) is 13.5. The number of aliphatic carboxylic acids is 1. The molecule has 8 heteroatoms. The molecule has 28 heavy (non-hydrogen) atoms. The summed E-state index contributed by atoms with van der Waals surface area (Å²) in [4.78, 5) is 41.5. The summed E-state index contributed by atoms with van der Waals surface area (Å²) in [5, 5.41) is 9.16. The lowest BCUT2D eigenvalue weighted by atomic mass is 9.98. The zero-order chi connectivity index (χ0) is 20.1. The molecule has 0 aliphatic carbocycles. The van der Waals surface area contributed by atoms with E-state index >= 15 is 0 Å². The van der Waals surface area contributed by atoms with Gasteiger partial charge in [0.25, 0.3) is 5.91 Å². The van der Waals surface area contributed by atoms with E-state index in [-0.39, 0.29) is 24.9 Å². The van der Waals surface area contributed by atoms with Crippen LogP contribution in [0.4, 0.5) is 5.69 Å². The average Bonchev–Trinajstić information content (AvgIpc) is 2.74. The van der Waals surface area contributed by atoms with Gasteiger partial charge in [-0.2, -0.15) is 0 Å². The molecule has 1 aromatic rings. The second-order valence-electron chi connectivity index (χ2n) is 7.32. The predicted octanol–water partition coefficient (Wildman–Crippen LogP) is 0.918. The van der Waals surface area contributed by atoms with Gasteiger partial charge in [-0.15, -0.1) is 0 Å². The van der Waals surface area contributed by atoms with Crippen molar-refractivity contribution in [3.63, 3.8) is 0 Å². The quantitative estimate of drug-likeness (QED) is 0.805. The number of likely N-dealkylation sites (tertiary alicyclic amines) is 1. The Morgan fingerprint density at radius 1 is 1.14 bits per heavy atom. The SMILES string of the molecule is CN(CC(=O)N1CCCC(C(=O)O)C1)C(=O)c1ccc(N2CCOCC2)cc1. The molecule has 2 amide bonds. The van der Waals surface area contributed by atoms with Gasteiger partial charge in [0.1, 0.15) is 0 Å². The monoisotopic (exact) mass is 389 g/mol. The van der Waals surface area contributed by atoms with Crippen molar-refractivity contribution in [2.24, 2.45) is 5.92 Å².